The van der Waals surface area contributed by atoms with E-state index < -0.39 is 0 Å². The van der Waals surface area contributed by atoms with E-state index in [-0.39, 0.29) is 0 Å². The minimum atomic E-state index is 0.790. The van der Waals surface area contributed by atoms with Crippen molar-refractivity contribution in [2.75, 3.05) is 47.4 Å². The van der Waals surface area contributed by atoms with Gasteiger partial charge in [0, 0.05) is 37.8 Å². The molecular weight excluding hydrogens is 254 g/mol. The average Bonchev–Trinajstić information content (AvgIpc) is 2.48. The smallest absolute Gasteiger partial charge is 0.131 e. The van der Waals surface area contributed by atoms with Gasteiger partial charge < -0.3 is 14.4 Å². The molecule has 1 heterocycles. The number of piperazine rings is 1. The molecule has 0 amide bonds. The van der Waals surface area contributed by atoms with Crippen LogP contribution in [-0.2, 0) is 0 Å². The maximum Gasteiger partial charge on any atom is 0.131 e. The molecule has 5 heteroatoms. The van der Waals surface area contributed by atoms with E-state index in [1.165, 1.54) is 0 Å². The van der Waals surface area contributed by atoms with Gasteiger partial charge in [0.1, 0.15) is 11.5 Å². The second-order valence-electron chi connectivity index (χ2n) is 5.01. The van der Waals surface area contributed by atoms with Crippen LogP contribution in [0.15, 0.2) is 23.3 Å². The van der Waals surface area contributed by atoms with Crippen LogP contribution in [0.25, 0.3) is 0 Å². The van der Waals surface area contributed by atoms with Gasteiger partial charge >= 0.3 is 0 Å². The SMILES string of the molecule is COc1ccc(/C(C)=N/N2CCN(C)CC2)c(OC)c1. The number of hydrogen-bond acceptors (Lipinski definition) is 5. The molecule has 0 saturated carbocycles. The first-order chi connectivity index (χ1) is 9.63. The minimum absolute atomic E-state index is 0.790. The predicted octanol–water partition coefficient (Wildman–Crippen LogP) is 1.68. The second-order valence-corrected chi connectivity index (χ2v) is 5.01. The van der Waals surface area contributed by atoms with Gasteiger partial charge in [-0.25, -0.2) is 0 Å². The number of hydrogen-bond donors (Lipinski definition) is 0. The summed E-state index contributed by atoms with van der Waals surface area (Å²) in [5.41, 5.74) is 1.97. The molecule has 0 aliphatic carbocycles. The molecule has 0 spiro atoms. The molecule has 0 aromatic heterocycles. The van der Waals surface area contributed by atoms with Gasteiger partial charge in [-0.15, -0.1) is 0 Å². The standard InChI is InChI=1S/C15H23N3O2/c1-12(16-18-9-7-17(2)8-10-18)14-6-5-13(19-3)11-15(14)20-4/h5-6,11H,7-10H2,1-4H3/b16-12+. The van der Waals surface area contributed by atoms with Crippen molar-refractivity contribution in [1.29, 1.82) is 0 Å². The molecule has 0 bridgehead atoms. The number of hydrazone groups is 1. The van der Waals surface area contributed by atoms with E-state index in [4.69, 9.17) is 14.6 Å². The van der Waals surface area contributed by atoms with Crippen LogP contribution in [0.5, 0.6) is 11.5 Å². The molecular formula is C15H23N3O2. The monoisotopic (exact) mass is 277 g/mol. The minimum Gasteiger partial charge on any atom is -0.497 e. The highest BCUT2D eigenvalue weighted by Gasteiger charge is 2.14. The Morgan fingerprint density at radius 2 is 1.80 bits per heavy atom. The van der Waals surface area contributed by atoms with Crippen molar-refractivity contribution in [2.45, 2.75) is 6.92 Å². The number of likely N-dealkylation sites (N-methyl/N-ethyl adjacent to an activating group) is 1. The van der Waals surface area contributed by atoms with E-state index in [0.717, 1.165) is 49.0 Å². The average molecular weight is 277 g/mol. The van der Waals surface area contributed by atoms with Gasteiger partial charge in [-0.05, 0) is 26.1 Å². The molecule has 5 nitrogen and oxygen atoms in total. The zero-order valence-corrected chi connectivity index (χ0v) is 12.7. The number of benzene rings is 1. The number of methoxy groups -OCH3 is 2. The Labute approximate surface area is 120 Å². The van der Waals surface area contributed by atoms with Gasteiger partial charge in [-0.3, -0.25) is 5.01 Å². The van der Waals surface area contributed by atoms with Crippen LogP contribution < -0.4 is 9.47 Å². The maximum absolute atomic E-state index is 5.43. The summed E-state index contributed by atoms with van der Waals surface area (Å²) < 4.78 is 10.6. The Bertz CT molecular complexity index is 480. The first-order valence-electron chi connectivity index (χ1n) is 6.85. The lowest BCUT2D eigenvalue weighted by molar-refractivity contribution is 0.159. The Hall–Kier alpha value is -1.75. The van der Waals surface area contributed by atoms with Crippen LogP contribution in [0.2, 0.25) is 0 Å². The quantitative estimate of drug-likeness (QED) is 0.785. The van der Waals surface area contributed by atoms with Gasteiger partial charge in [0.2, 0.25) is 0 Å². The van der Waals surface area contributed by atoms with E-state index in [1.807, 2.05) is 25.1 Å². The molecule has 20 heavy (non-hydrogen) atoms. The van der Waals surface area contributed by atoms with Gasteiger partial charge in [-0.2, -0.15) is 5.10 Å². The summed E-state index contributed by atoms with van der Waals surface area (Å²) in [6.45, 7) is 6.05. The third-order valence-corrected chi connectivity index (χ3v) is 3.57. The summed E-state index contributed by atoms with van der Waals surface area (Å²) in [7, 11) is 5.46. The van der Waals surface area contributed by atoms with Crippen LogP contribution in [0.3, 0.4) is 0 Å². The molecule has 1 saturated heterocycles. The molecule has 110 valence electrons. The molecule has 0 radical (unpaired) electrons. The van der Waals surface area contributed by atoms with Gasteiger partial charge in [0.15, 0.2) is 0 Å². The summed E-state index contributed by atoms with van der Waals surface area (Å²) in [4.78, 5) is 2.31. The molecule has 1 fully saturated rings. The second kappa shape index (κ2) is 6.61. The van der Waals surface area contributed by atoms with Crippen molar-refractivity contribution in [3.63, 3.8) is 0 Å². The molecule has 2 rings (SSSR count). The Kier molecular flexibility index (Phi) is 4.84. The number of rotatable bonds is 4. The molecule has 1 aromatic rings. The number of ether oxygens (including phenoxy) is 2. The molecule has 1 aromatic carbocycles. The van der Waals surface area contributed by atoms with Crippen molar-refractivity contribution < 1.29 is 9.47 Å². The van der Waals surface area contributed by atoms with Crippen LogP contribution in [0.1, 0.15) is 12.5 Å². The first-order valence-corrected chi connectivity index (χ1v) is 6.85. The lowest BCUT2D eigenvalue weighted by atomic mass is 10.1. The van der Waals surface area contributed by atoms with Crippen molar-refractivity contribution in [3.8, 4) is 11.5 Å². The van der Waals surface area contributed by atoms with Crippen LogP contribution >= 0.6 is 0 Å². The van der Waals surface area contributed by atoms with Crippen LogP contribution in [0, 0.1) is 0 Å². The molecule has 0 atom stereocenters. The van der Waals surface area contributed by atoms with Gasteiger partial charge in [0.25, 0.3) is 0 Å². The normalized spacial score (nSPS) is 17.2. The third-order valence-electron chi connectivity index (χ3n) is 3.57. The highest BCUT2D eigenvalue weighted by molar-refractivity contribution is 6.01. The zero-order valence-electron chi connectivity index (χ0n) is 12.7. The fraction of sp³-hybridized carbons (Fsp3) is 0.533. The van der Waals surface area contributed by atoms with E-state index in [0.29, 0.717) is 0 Å². The lowest BCUT2D eigenvalue weighted by Crippen LogP contribution is -2.42. The lowest BCUT2D eigenvalue weighted by Gasteiger charge is -2.30. The van der Waals surface area contributed by atoms with Crippen molar-refractivity contribution in [1.82, 2.24) is 9.91 Å². The summed E-state index contributed by atoms with van der Waals surface area (Å²) in [6.07, 6.45) is 0. The Balaban J connectivity index is 2.17. The summed E-state index contributed by atoms with van der Waals surface area (Å²) in [6, 6.07) is 5.81. The fourth-order valence-electron chi connectivity index (χ4n) is 2.26. The molecule has 0 N–H and O–H groups in total. The molecule has 1 aliphatic rings. The van der Waals surface area contributed by atoms with Gasteiger partial charge in [-0.1, -0.05) is 0 Å². The van der Waals surface area contributed by atoms with E-state index in [2.05, 4.69) is 17.0 Å². The van der Waals surface area contributed by atoms with Crippen LogP contribution in [-0.4, -0.2) is 63.1 Å². The predicted molar refractivity (Wildman–Crippen MR) is 80.8 cm³/mol. The first kappa shape index (κ1) is 14.7. The highest BCUT2D eigenvalue weighted by atomic mass is 16.5. The Morgan fingerprint density at radius 3 is 2.40 bits per heavy atom. The highest BCUT2D eigenvalue weighted by Crippen LogP contribution is 2.25. The third kappa shape index (κ3) is 3.42. The largest absolute Gasteiger partial charge is 0.497 e. The molecule has 1 aliphatic heterocycles. The maximum atomic E-state index is 5.43. The van der Waals surface area contributed by atoms with Gasteiger partial charge in [0.05, 0.1) is 19.9 Å². The van der Waals surface area contributed by atoms with Crippen molar-refractivity contribution in [2.24, 2.45) is 5.10 Å². The van der Waals surface area contributed by atoms with E-state index >= 15 is 0 Å². The van der Waals surface area contributed by atoms with E-state index in [1.54, 1.807) is 14.2 Å². The Morgan fingerprint density at radius 1 is 1.10 bits per heavy atom. The zero-order chi connectivity index (χ0) is 14.5. The molecule has 0 unspecified atom stereocenters. The summed E-state index contributed by atoms with van der Waals surface area (Å²) >= 11 is 0. The van der Waals surface area contributed by atoms with Crippen molar-refractivity contribution >= 4 is 5.71 Å². The fourth-order valence-corrected chi connectivity index (χ4v) is 2.26. The number of nitrogens with zero attached hydrogens (tertiary/aromatic N) is 3. The van der Waals surface area contributed by atoms with Crippen molar-refractivity contribution in [3.05, 3.63) is 23.8 Å². The summed E-state index contributed by atoms with van der Waals surface area (Å²) in [5.74, 6) is 1.58. The summed E-state index contributed by atoms with van der Waals surface area (Å²) in [5, 5.41) is 6.83. The van der Waals surface area contributed by atoms with E-state index in [9.17, 15) is 0 Å². The topological polar surface area (TPSA) is 37.3 Å². The van der Waals surface area contributed by atoms with Crippen LogP contribution in [0.4, 0.5) is 0 Å².